The molecule has 1 aromatic rings. The Labute approximate surface area is 113 Å². The van der Waals surface area contributed by atoms with Crippen LogP contribution in [0.1, 0.15) is 24.8 Å². The Kier molecular flexibility index (Phi) is 4.18. The summed E-state index contributed by atoms with van der Waals surface area (Å²) in [6.07, 6.45) is 0.861. The molecule has 2 rings (SSSR count). The monoisotopic (exact) mass is 258 g/mol. The van der Waals surface area contributed by atoms with Crippen LogP contribution in [0.5, 0.6) is 0 Å². The van der Waals surface area contributed by atoms with Crippen LogP contribution >= 0.6 is 0 Å². The first-order valence-corrected chi connectivity index (χ1v) is 6.48. The van der Waals surface area contributed by atoms with Gasteiger partial charge in [0.05, 0.1) is 18.2 Å². The lowest BCUT2D eigenvalue weighted by molar-refractivity contribution is -0.133. The second-order valence-corrected chi connectivity index (χ2v) is 4.85. The molecule has 3 atom stereocenters. The Bertz CT molecular complexity index is 481. The van der Waals surface area contributed by atoms with Gasteiger partial charge in [-0.1, -0.05) is 30.3 Å². The Morgan fingerprint density at radius 2 is 2.16 bits per heavy atom. The van der Waals surface area contributed by atoms with Crippen molar-refractivity contribution < 1.29 is 9.53 Å². The van der Waals surface area contributed by atoms with Crippen molar-refractivity contribution in [3.63, 3.8) is 0 Å². The molecule has 4 heteroatoms. The summed E-state index contributed by atoms with van der Waals surface area (Å²) in [5, 5.41) is 9.28. The van der Waals surface area contributed by atoms with E-state index in [-0.39, 0.29) is 18.1 Å². The lowest BCUT2D eigenvalue weighted by Crippen LogP contribution is -2.43. The third-order valence-electron chi connectivity index (χ3n) is 3.69. The molecule has 0 saturated carbocycles. The van der Waals surface area contributed by atoms with Crippen molar-refractivity contribution in [2.45, 2.75) is 31.4 Å². The van der Waals surface area contributed by atoms with Gasteiger partial charge < -0.3 is 9.64 Å². The number of carbonyl (C=O) groups is 1. The van der Waals surface area contributed by atoms with Gasteiger partial charge in [0.1, 0.15) is 5.92 Å². The van der Waals surface area contributed by atoms with E-state index in [1.807, 2.05) is 37.3 Å². The standard InChI is InChI=1S/C15H18N2O2/c1-11-14(8-9-19-11)17(2)15(18)13(10-16)12-6-4-3-5-7-12/h3-7,11,13-14H,8-9H2,1-2H3. The Hall–Kier alpha value is -1.86. The maximum atomic E-state index is 12.5. The molecule has 1 amide bonds. The second kappa shape index (κ2) is 5.85. The third kappa shape index (κ3) is 2.77. The number of ether oxygens (including phenoxy) is 1. The van der Waals surface area contributed by atoms with Gasteiger partial charge in [0.25, 0.3) is 0 Å². The smallest absolute Gasteiger partial charge is 0.244 e. The van der Waals surface area contributed by atoms with Crippen LogP contribution in [0.4, 0.5) is 0 Å². The van der Waals surface area contributed by atoms with Gasteiger partial charge in [-0.25, -0.2) is 0 Å². The third-order valence-corrected chi connectivity index (χ3v) is 3.69. The SMILES string of the molecule is CC1OCCC1N(C)C(=O)C(C#N)c1ccccc1. The molecule has 0 aliphatic carbocycles. The summed E-state index contributed by atoms with van der Waals surface area (Å²) in [5.41, 5.74) is 0.744. The largest absolute Gasteiger partial charge is 0.376 e. The van der Waals surface area contributed by atoms with Crippen LogP contribution in [0.15, 0.2) is 30.3 Å². The molecule has 1 aliphatic heterocycles. The predicted octanol–water partition coefficient (Wildman–Crippen LogP) is 1.93. The Balaban J connectivity index is 2.15. The molecule has 3 unspecified atom stereocenters. The molecule has 1 aliphatic rings. The van der Waals surface area contributed by atoms with Crippen LogP contribution in [0, 0.1) is 11.3 Å². The molecule has 0 aromatic heterocycles. The van der Waals surface area contributed by atoms with Gasteiger partial charge in [0.2, 0.25) is 5.91 Å². The highest BCUT2D eigenvalue weighted by molar-refractivity contribution is 5.86. The number of benzene rings is 1. The number of hydrogen-bond acceptors (Lipinski definition) is 3. The van der Waals surface area contributed by atoms with Gasteiger partial charge in [-0.15, -0.1) is 0 Å². The summed E-state index contributed by atoms with van der Waals surface area (Å²) < 4.78 is 5.48. The van der Waals surface area contributed by atoms with E-state index < -0.39 is 5.92 Å². The van der Waals surface area contributed by atoms with E-state index in [2.05, 4.69) is 6.07 Å². The zero-order chi connectivity index (χ0) is 13.8. The van der Waals surface area contributed by atoms with Crippen LogP contribution in [0.25, 0.3) is 0 Å². The van der Waals surface area contributed by atoms with Gasteiger partial charge in [-0.2, -0.15) is 5.26 Å². The predicted molar refractivity (Wildman–Crippen MR) is 71.4 cm³/mol. The van der Waals surface area contributed by atoms with E-state index >= 15 is 0 Å². The molecule has 100 valence electrons. The summed E-state index contributed by atoms with van der Waals surface area (Å²) in [4.78, 5) is 14.1. The molecule has 19 heavy (non-hydrogen) atoms. The normalized spacial score (nSPS) is 23.6. The van der Waals surface area contributed by atoms with Gasteiger partial charge in [-0.05, 0) is 18.9 Å². The maximum absolute atomic E-state index is 12.5. The van der Waals surface area contributed by atoms with Crippen LogP contribution in [-0.2, 0) is 9.53 Å². The van der Waals surface area contributed by atoms with Crippen LogP contribution in [0.3, 0.4) is 0 Å². The van der Waals surface area contributed by atoms with Crippen molar-refractivity contribution in [3.8, 4) is 6.07 Å². The molecule has 0 radical (unpaired) electrons. The number of amides is 1. The molecule has 1 fully saturated rings. The summed E-state index contributed by atoms with van der Waals surface area (Å²) in [7, 11) is 1.76. The molecule has 1 heterocycles. The summed E-state index contributed by atoms with van der Waals surface area (Å²) in [6, 6.07) is 11.4. The minimum atomic E-state index is -0.737. The van der Waals surface area contributed by atoms with Gasteiger partial charge in [0.15, 0.2) is 0 Å². The van der Waals surface area contributed by atoms with E-state index in [1.165, 1.54) is 0 Å². The average Bonchev–Trinajstić information content (AvgIpc) is 2.86. The van der Waals surface area contributed by atoms with E-state index in [0.29, 0.717) is 6.61 Å². The van der Waals surface area contributed by atoms with Gasteiger partial charge >= 0.3 is 0 Å². The fourth-order valence-corrected chi connectivity index (χ4v) is 2.51. The van der Waals surface area contributed by atoms with Crippen LogP contribution < -0.4 is 0 Å². The summed E-state index contributed by atoms with van der Waals surface area (Å²) >= 11 is 0. The lowest BCUT2D eigenvalue weighted by atomic mass is 9.98. The maximum Gasteiger partial charge on any atom is 0.244 e. The minimum Gasteiger partial charge on any atom is -0.376 e. The van der Waals surface area contributed by atoms with E-state index in [1.54, 1.807) is 11.9 Å². The molecule has 0 bridgehead atoms. The highest BCUT2D eigenvalue weighted by atomic mass is 16.5. The fraction of sp³-hybridized carbons (Fsp3) is 0.467. The number of rotatable bonds is 3. The van der Waals surface area contributed by atoms with Crippen LogP contribution in [-0.4, -0.2) is 36.6 Å². The summed E-state index contributed by atoms with van der Waals surface area (Å²) in [6.45, 7) is 2.64. The van der Waals surface area contributed by atoms with E-state index in [4.69, 9.17) is 4.74 Å². The number of nitrogens with zero attached hydrogens (tertiary/aromatic N) is 2. The van der Waals surface area contributed by atoms with Crippen molar-refractivity contribution in [1.29, 1.82) is 5.26 Å². The molecule has 0 spiro atoms. The number of carbonyl (C=O) groups excluding carboxylic acids is 1. The zero-order valence-electron chi connectivity index (χ0n) is 11.2. The number of nitriles is 1. The number of likely N-dealkylation sites (N-methyl/N-ethyl adjacent to an activating group) is 1. The molecule has 4 nitrogen and oxygen atoms in total. The van der Waals surface area contributed by atoms with E-state index in [0.717, 1.165) is 12.0 Å². The molecule has 0 N–H and O–H groups in total. The minimum absolute atomic E-state index is 0.0315. The first kappa shape index (κ1) is 13.6. The quantitative estimate of drug-likeness (QED) is 0.832. The molecule has 1 aromatic carbocycles. The first-order valence-electron chi connectivity index (χ1n) is 6.48. The average molecular weight is 258 g/mol. The molecular weight excluding hydrogens is 240 g/mol. The number of hydrogen-bond donors (Lipinski definition) is 0. The molecular formula is C15H18N2O2. The summed E-state index contributed by atoms with van der Waals surface area (Å²) in [5.74, 6) is -0.893. The van der Waals surface area contributed by atoms with Crippen molar-refractivity contribution >= 4 is 5.91 Å². The fourth-order valence-electron chi connectivity index (χ4n) is 2.51. The molecule has 1 saturated heterocycles. The topological polar surface area (TPSA) is 53.3 Å². The highest BCUT2D eigenvalue weighted by Gasteiger charge is 2.34. The van der Waals surface area contributed by atoms with Crippen molar-refractivity contribution in [2.75, 3.05) is 13.7 Å². The Morgan fingerprint density at radius 3 is 2.68 bits per heavy atom. The van der Waals surface area contributed by atoms with Gasteiger partial charge in [0, 0.05) is 13.7 Å². The lowest BCUT2D eigenvalue weighted by Gasteiger charge is -2.28. The highest BCUT2D eigenvalue weighted by Crippen LogP contribution is 2.23. The van der Waals surface area contributed by atoms with E-state index in [9.17, 15) is 10.1 Å². The van der Waals surface area contributed by atoms with Crippen molar-refractivity contribution in [1.82, 2.24) is 4.90 Å². The van der Waals surface area contributed by atoms with Crippen molar-refractivity contribution in [2.24, 2.45) is 0 Å². The Morgan fingerprint density at radius 1 is 1.47 bits per heavy atom. The zero-order valence-corrected chi connectivity index (χ0v) is 11.2. The first-order chi connectivity index (χ1) is 9.15. The van der Waals surface area contributed by atoms with Crippen molar-refractivity contribution in [3.05, 3.63) is 35.9 Å². The second-order valence-electron chi connectivity index (χ2n) is 4.85. The van der Waals surface area contributed by atoms with Gasteiger partial charge in [-0.3, -0.25) is 4.79 Å². The van der Waals surface area contributed by atoms with Crippen LogP contribution in [0.2, 0.25) is 0 Å².